The number of hydrogen-bond acceptors (Lipinski definition) is 5. The summed E-state index contributed by atoms with van der Waals surface area (Å²) in [6.45, 7) is 5.62. The molecule has 1 fully saturated rings. The number of hydrogen-bond donors (Lipinski definition) is 1. The summed E-state index contributed by atoms with van der Waals surface area (Å²) in [4.78, 5) is 14.1. The van der Waals surface area contributed by atoms with Crippen LogP contribution in [0.3, 0.4) is 0 Å². The minimum absolute atomic E-state index is 0.0672. The maximum Gasteiger partial charge on any atom is 0.289 e. The molecule has 0 radical (unpaired) electrons. The molecule has 0 saturated carbocycles. The number of carbonyl (C=O) groups is 1. The largest absolute Gasteiger partial charge is 0.455 e. The van der Waals surface area contributed by atoms with E-state index in [2.05, 4.69) is 0 Å². The van der Waals surface area contributed by atoms with Crippen molar-refractivity contribution in [3.05, 3.63) is 23.7 Å². The Morgan fingerprint density at radius 1 is 1.38 bits per heavy atom. The molecule has 21 heavy (non-hydrogen) atoms. The van der Waals surface area contributed by atoms with Gasteiger partial charge in [0.25, 0.3) is 5.91 Å². The van der Waals surface area contributed by atoms with Gasteiger partial charge in [-0.15, -0.1) is 0 Å². The third kappa shape index (κ3) is 4.56. The van der Waals surface area contributed by atoms with Crippen molar-refractivity contribution < 1.29 is 18.7 Å². The number of carbonyl (C=O) groups excluding carboxylic acids is 1. The zero-order valence-corrected chi connectivity index (χ0v) is 12.5. The van der Waals surface area contributed by atoms with Crippen molar-refractivity contribution in [3.8, 4) is 0 Å². The molecule has 1 aromatic rings. The number of piperidine rings is 1. The molecule has 2 N–H and O–H groups in total. The van der Waals surface area contributed by atoms with Crippen molar-refractivity contribution in [1.82, 2.24) is 4.90 Å². The lowest BCUT2D eigenvalue weighted by atomic mass is 10.1. The summed E-state index contributed by atoms with van der Waals surface area (Å²) >= 11 is 0. The molecule has 0 atom stereocenters. The summed E-state index contributed by atoms with van der Waals surface area (Å²) in [5.41, 5.74) is 5.48. The maximum atomic E-state index is 12.3. The number of likely N-dealkylation sites (tertiary alicyclic amines) is 1. The molecule has 118 valence electrons. The van der Waals surface area contributed by atoms with Crippen LogP contribution in [0.1, 0.15) is 36.1 Å². The minimum atomic E-state index is -0.0672. The molecule has 0 bridgehead atoms. The molecule has 2 rings (SSSR count). The van der Waals surface area contributed by atoms with E-state index in [0.29, 0.717) is 51.0 Å². The summed E-state index contributed by atoms with van der Waals surface area (Å²) in [5, 5.41) is 0. The fraction of sp³-hybridized carbons (Fsp3) is 0.667. The van der Waals surface area contributed by atoms with E-state index in [0.717, 1.165) is 12.8 Å². The van der Waals surface area contributed by atoms with Crippen molar-refractivity contribution >= 4 is 5.91 Å². The second-order valence-electron chi connectivity index (χ2n) is 5.03. The Balaban J connectivity index is 1.74. The van der Waals surface area contributed by atoms with Crippen LogP contribution in [-0.4, -0.2) is 49.8 Å². The van der Waals surface area contributed by atoms with Crippen molar-refractivity contribution in [2.45, 2.75) is 32.4 Å². The monoisotopic (exact) mass is 296 g/mol. The van der Waals surface area contributed by atoms with Crippen LogP contribution in [-0.2, 0) is 16.0 Å². The zero-order valence-electron chi connectivity index (χ0n) is 12.5. The fourth-order valence-electron chi connectivity index (χ4n) is 2.40. The van der Waals surface area contributed by atoms with Crippen LogP contribution in [0.4, 0.5) is 0 Å². The fourth-order valence-corrected chi connectivity index (χ4v) is 2.40. The summed E-state index contributed by atoms with van der Waals surface area (Å²) in [7, 11) is 0. The SMILES string of the molecule is CCOCCOC1CCN(C(=O)c2ccc(CN)o2)CC1. The normalized spacial score (nSPS) is 16.4. The first-order valence-corrected chi connectivity index (χ1v) is 7.52. The third-order valence-electron chi connectivity index (χ3n) is 3.59. The van der Waals surface area contributed by atoms with Gasteiger partial charge in [0.15, 0.2) is 5.76 Å². The highest BCUT2D eigenvalue weighted by Crippen LogP contribution is 2.17. The van der Waals surface area contributed by atoms with Gasteiger partial charge in [0, 0.05) is 19.7 Å². The zero-order chi connectivity index (χ0) is 15.1. The first-order chi connectivity index (χ1) is 10.2. The molecule has 6 nitrogen and oxygen atoms in total. The van der Waals surface area contributed by atoms with E-state index in [9.17, 15) is 4.79 Å². The molecule has 1 saturated heterocycles. The van der Waals surface area contributed by atoms with Crippen LogP contribution in [0, 0.1) is 0 Å². The molecular formula is C15H24N2O4. The van der Waals surface area contributed by atoms with Crippen molar-refractivity contribution in [3.63, 3.8) is 0 Å². The Morgan fingerprint density at radius 2 is 2.14 bits per heavy atom. The Bertz CT molecular complexity index is 439. The van der Waals surface area contributed by atoms with E-state index >= 15 is 0 Å². The predicted molar refractivity (Wildman–Crippen MR) is 78.0 cm³/mol. The van der Waals surface area contributed by atoms with E-state index in [1.807, 2.05) is 11.8 Å². The number of rotatable bonds is 7. The molecule has 0 aliphatic carbocycles. The lowest BCUT2D eigenvalue weighted by Gasteiger charge is -2.31. The van der Waals surface area contributed by atoms with Gasteiger partial charge < -0.3 is 24.5 Å². The highest BCUT2D eigenvalue weighted by Gasteiger charge is 2.25. The van der Waals surface area contributed by atoms with Crippen molar-refractivity contribution in [2.24, 2.45) is 5.73 Å². The lowest BCUT2D eigenvalue weighted by molar-refractivity contribution is -0.0186. The van der Waals surface area contributed by atoms with Gasteiger partial charge in [-0.05, 0) is 31.9 Å². The summed E-state index contributed by atoms with van der Waals surface area (Å²) < 4.78 is 16.4. The van der Waals surface area contributed by atoms with Gasteiger partial charge in [-0.25, -0.2) is 0 Å². The average Bonchev–Trinajstić information content (AvgIpc) is 3.00. The van der Waals surface area contributed by atoms with Gasteiger partial charge in [0.05, 0.1) is 25.9 Å². The van der Waals surface area contributed by atoms with Crippen LogP contribution >= 0.6 is 0 Å². The molecule has 0 aromatic carbocycles. The average molecular weight is 296 g/mol. The highest BCUT2D eigenvalue weighted by molar-refractivity contribution is 5.91. The molecule has 2 heterocycles. The second-order valence-corrected chi connectivity index (χ2v) is 5.03. The Morgan fingerprint density at radius 3 is 2.76 bits per heavy atom. The first-order valence-electron chi connectivity index (χ1n) is 7.52. The molecule has 1 amide bonds. The van der Waals surface area contributed by atoms with Gasteiger partial charge in [0.2, 0.25) is 0 Å². The third-order valence-corrected chi connectivity index (χ3v) is 3.59. The first kappa shape index (κ1) is 16.0. The van der Waals surface area contributed by atoms with E-state index in [4.69, 9.17) is 19.6 Å². The van der Waals surface area contributed by atoms with E-state index in [1.165, 1.54) is 0 Å². The molecule has 6 heteroatoms. The van der Waals surface area contributed by atoms with Crippen LogP contribution in [0.25, 0.3) is 0 Å². The quantitative estimate of drug-likeness (QED) is 0.769. The highest BCUT2D eigenvalue weighted by atomic mass is 16.5. The molecule has 1 aliphatic rings. The summed E-state index contributed by atoms with van der Waals surface area (Å²) in [5.74, 6) is 0.932. The maximum absolute atomic E-state index is 12.3. The van der Waals surface area contributed by atoms with Crippen molar-refractivity contribution in [2.75, 3.05) is 32.9 Å². The van der Waals surface area contributed by atoms with Gasteiger partial charge in [-0.3, -0.25) is 4.79 Å². The number of nitrogens with two attached hydrogens (primary N) is 1. The van der Waals surface area contributed by atoms with Crippen LogP contribution in [0.2, 0.25) is 0 Å². The lowest BCUT2D eigenvalue weighted by Crippen LogP contribution is -2.41. The second kappa shape index (κ2) is 8.17. The Labute approximate surface area is 125 Å². The number of nitrogens with zero attached hydrogens (tertiary/aromatic N) is 1. The van der Waals surface area contributed by atoms with Gasteiger partial charge in [0.1, 0.15) is 5.76 Å². The molecule has 1 aliphatic heterocycles. The van der Waals surface area contributed by atoms with Gasteiger partial charge in [-0.2, -0.15) is 0 Å². The van der Waals surface area contributed by atoms with Crippen LogP contribution in [0.15, 0.2) is 16.5 Å². The molecule has 1 aromatic heterocycles. The van der Waals surface area contributed by atoms with E-state index in [1.54, 1.807) is 12.1 Å². The van der Waals surface area contributed by atoms with Crippen molar-refractivity contribution in [1.29, 1.82) is 0 Å². The molecular weight excluding hydrogens is 272 g/mol. The Hall–Kier alpha value is -1.37. The van der Waals surface area contributed by atoms with Gasteiger partial charge in [-0.1, -0.05) is 0 Å². The summed E-state index contributed by atoms with van der Waals surface area (Å²) in [6, 6.07) is 3.44. The number of ether oxygens (including phenoxy) is 2. The van der Waals surface area contributed by atoms with Crippen LogP contribution in [0.5, 0.6) is 0 Å². The number of amides is 1. The number of furan rings is 1. The van der Waals surface area contributed by atoms with Crippen LogP contribution < -0.4 is 5.73 Å². The topological polar surface area (TPSA) is 77.9 Å². The standard InChI is InChI=1S/C15H24N2O4/c1-2-19-9-10-20-12-5-7-17(8-6-12)15(18)14-4-3-13(11-16)21-14/h3-4,12H,2,5-11,16H2,1H3. The molecule has 0 spiro atoms. The van der Waals surface area contributed by atoms with E-state index in [-0.39, 0.29) is 12.0 Å². The molecule has 0 unspecified atom stereocenters. The summed E-state index contributed by atoms with van der Waals surface area (Å²) in [6.07, 6.45) is 1.91. The Kier molecular flexibility index (Phi) is 6.22. The predicted octanol–water partition coefficient (Wildman–Crippen LogP) is 1.40. The smallest absolute Gasteiger partial charge is 0.289 e. The van der Waals surface area contributed by atoms with E-state index < -0.39 is 0 Å². The minimum Gasteiger partial charge on any atom is -0.455 e. The van der Waals surface area contributed by atoms with Gasteiger partial charge >= 0.3 is 0 Å².